The molecular formula is C23H24N2O5. The molecule has 0 atom stereocenters. The van der Waals surface area contributed by atoms with Crippen molar-refractivity contribution < 1.29 is 23.8 Å². The number of piperidine rings is 1. The van der Waals surface area contributed by atoms with Crippen LogP contribution in [-0.4, -0.2) is 43.7 Å². The SMILES string of the molecule is COc1ccc(/C=C/C(=O)N2CCC(C(=O)Nc3ccc4c(c3)OCO4)CC2)cc1. The third-order valence-corrected chi connectivity index (χ3v) is 5.35. The molecular weight excluding hydrogens is 384 g/mol. The number of likely N-dealkylation sites (tertiary alicyclic amines) is 1. The smallest absolute Gasteiger partial charge is 0.246 e. The van der Waals surface area contributed by atoms with E-state index in [9.17, 15) is 9.59 Å². The van der Waals surface area contributed by atoms with E-state index >= 15 is 0 Å². The summed E-state index contributed by atoms with van der Waals surface area (Å²) in [7, 11) is 1.62. The minimum atomic E-state index is -0.120. The fourth-order valence-electron chi connectivity index (χ4n) is 3.57. The highest BCUT2D eigenvalue weighted by molar-refractivity contribution is 5.94. The van der Waals surface area contributed by atoms with Gasteiger partial charge in [-0.3, -0.25) is 9.59 Å². The lowest BCUT2D eigenvalue weighted by molar-refractivity contribution is -0.130. The van der Waals surface area contributed by atoms with E-state index in [1.54, 1.807) is 42.4 Å². The van der Waals surface area contributed by atoms with Crippen LogP contribution in [0.1, 0.15) is 18.4 Å². The molecule has 0 spiro atoms. The lowest BCUT2D eigenvalue weighted by atomic mass is 9.95. The number of carbonyl (C=O) groups excluding carboxylic acids is 2. The average molecular weight is 408 g/mol. The van der Waals surface area contributed by atoms with Gasteiger partial charge in [0.1, 0.15) is 5.75 Å². The Kier molecular flexibility index (Phi) is 5.88. The van der Waals surface area contributed by atoms with E-state index in [4.69, 9.17) is 14.2 Å². The van der Waals surface area contributed by atoms with Crippen molar-refractivity contribution >= 4 is 23.6 Å². The Morgan fingerprint density at radius 3 is 2.53 bits per heavy atom. The van der Waals surface area contributed by atoms with E-state index < -0.39 is 0 Å². The van der Waals surface area contributed by atoms with Crippen LogP contribution in [0.25, 0.3) is 6.08 Å². The Bertz CT molecular complexity index is 947. The summed E-state index contributed by atoms with van der Waals surface area (Å²) in [5.74, 6) is 1.90. The number of ether oxygens (including phenoxy) is 3. The number of methoxy groups -OCH3 is 1. The molecule has 0 radical (unpaired) electrons. The Balaban J connectivity index is 1.27. The van der Waals surface area contributed by atoms with Gasteiger partial charge in [-0.1, -0.05) is 12.1 Å². The van der Waals surface area contributed by atoms with Gasteiger partial charge in [0.2, 0.25) is 18.6 Å². The predicted molar refractivity (Wildman–Crippen MR) is 113 cm³/mol. The summed E-state index contributed by atoms with van der Waals surface area (Å²) in [6.07, 6.45) is 4.64. The summed E-state index contributed by atoms with van der Waals surface area (Å²) < 4.78 is 15.8. The molecule has 30 heavy (non-hydrogen) atoms. The molecule has 0 bridgehead atoms. The van der Waals surface area contributed by atoms with Crippen molar-refractivity contribution in [3.05, 3.63) is 54.1 Å². The van der Waals surface area contributed by atoms with Crippen molar-refractivity contribution in [3.63, 3.8) is 0 Å². The minimum absolute atomic E-state index is 0.0326. The maximum absolute atomic E-state index is 12.6. The van der Waals surface area contributed by atoms with Crippen LogP contribution in [0.2, 0.25) is 0 Å². The second-order valence-electron chi connectivity index (χ2n) is 7.26. The van der Waals surface area contributed by atoms with Crippen molar-refractivity contribution in [3.8, 4) is 17.2 Å². The summed E-state index contributed by atoms with van der Waals surface area (Å²) in [6.45, 7) is 1.32. The van der Waals surface area contributed by atoms with Gasteiger partial charge in [-0.05, 0) is 48.7 Å². The van der Waals surface area contributed by atoms with Crippen molar-refractivity contribution in [2.24, 2.45) is 5.92 Å². The number of carbonyl (C=O) groups is 2. The summed E-state index contributed by atoms with van der Waals surface area (Å²) in [5.41, 5.74) is 1.62. The number of fused-ring (bicyclic) bond motifs is 1. The van der Waals surface area contributed by atoms with Gasteiger partial charge in [-0.2, -0.15) is 0 Å². The first kappa shape index (κ1) is 19.8. The molecule has 2 aromatic carbocycles. The molecule has 1 saturated heterocycles. The number of hydrogen-bond donors (Lipinski definition) is 1. The second kappa shape index (κ2) is 8.90. The molecule has 1 N–H and O–H groups in total. The summed E-state index contributed by atoms with van der Waals surface area (Å²) >= 11 is 0. The molecule has 0 aliphatic carbocycles. The molecule has 0 aromatic heterocycles. The minimum Gasteiger partial charge on any atom is -0.497 e. The first-order valence-electron chi connectivity index (χ1n) is 9.94. The number of anilines is 1. The fourth-order valence-corrected chi connectivity index (χ4v) is 3.57. The average Bonchev–Trinajstić information content (AvgIpc) is 3.26. The molecule has 7 heteroatoms. The van der Waals surface area contributed by atoms with Crippen LogP contribution in [0.5, 0.6) is 17.2 Å². The summed E-state index contributed by atoms with van der Waals surface area (Å²) in [4.78, 5) is 26.8. The summed E-state index contributed by atoms with van der Waals surface area (Å²) in [6, 6.07) is 12.9. The third-order valence-electron chi connectivity index (χ3n) is 5.35. The topological polar surface area (TPSA) is 77.1 Å². The van der Waals surface area contributed by atoms with Gasteiger partial charge in [-0.25, -0.2) is 0 Å². The number of hydrogen-bond acceptors (Lipinski definition) is 5. The van der Waals surface area contributed by atoms with Crippen LogP contribution < -0.4 is 19.5 Å². The lowest BCUT2D eigenvalue weighted by Gasteiger charge is -2.30. The van der Waals surface area contributed by atoms with Crippen LogP contribution in [0.3, 0.4) is 0 Å². The third kappa shape index (κ3) is 4.56. The highest BCUT2D eigenvalue weighted by Crippen LogP contribution is 2.34. The van der Waals surface area contributed by atoms with Crippen LogP contribution in [0, 0.1) is 5.92 Å². The van der Waals surface area contributed by atoms with Gasteiger partial charge >= 0.3 is 0 Å². The van der Waals surface area contributed by atoms with Gasteiger partial charge in [-0.15, -0.1) is 0 Å². The van der Waals surface area contributed by atoms with Gasteiger partial charge < -0.3 is 24.4 Å². The highest BCUT2D eigenvalue weighted by atomic mass is 16.7. The van der Waals surface area contributed by atoms with E-state index in [1.165, 1.54) is 0 Å². The Morgan fingerprint density at radius 1 is 1.07 bits per heavy atom. The normalized spacial score (nSPS) is 16.0. The molecule has 4 rings (SSSR count). The standard InChI is InChI=1S/C23H24N2O5/c1-28-19-6-2-16(3-7-19)4-9-22(26)25-12-10-17(11-13-25)23(27)24-18-5-8-20-21(14-18)30-15-29-20/h2-9,14,17H,10-13,15H2,1H3,(H,24,27)/b9-4+. The fraction of sp³-hybridized carbons (Fsp3) is 0.304. The van der Waals surface area contributed by atoms with Crippen molar-refractivity contribution in [1.82, 2.24) is 4.90 Å². The molecule has 2 heterocycles. The Morgan fingerprint density at radius 2 is 1.80 bits per heavy atom. The molecule has 1 fully saturated rings. The van der Waals surface area contributed by atoms with E-state index in [1.807, 2.05) is 24.3 Å². The maximum atomic E-state index is 12.6. The molecule has 2 aromatic rings. The zero-order chi connectivity index (χ0) is 20.9. The quantitative estimate of drug-likeness (QED) is 0.768. The van der Waals surface area contributed by atoms with Crippen LogP contribution in [-0.2, 0) is 9.59 Å². The zero-order valence-corrected chi connectivity index (χ0v) is 16.8. The number of nitrogens with one attached hydrogen (secondary N) is 1. The number of amides is 2. The molecule has 2 aliphatic rings. The molecule has 2 aliphatic heterocycles. The molecule has 156 valence electrons. The van der Waals surface area contributed by atoms with Crippen molar-refractivity contribution in [2.75, 3.05) is 32.3 Å². The monoisotopic (exact) mass is 408 g/mol. The van der Waals surface area contributed by atoms with Crippen LogP contribution >= 0.6 is 0 Å². The van der Waals surface area contributed by atoms with E-state index in [-0.39, 0.29) is 24.5 Å². The largest absolute Gasteiger partial charge is 0.497 e. The van der Waals surface area contributed by atoms with Gasteiger partial charge in [0.15, 0.2) is 11.5 Å². The number of nitrogens with zero attached hydrogens (tertiary/aromatic N) is 1. The Labute approximate surface area is 175 Å². The van der Waals surface area contributed by atoms with E-state index in [0.717, 1.165) is 11.3 Å². The molecule has 0 unspecified atom stereocenters. The maximum Gasteiger partial charge on any atom is 0.246 e. The summed E-state index contributed by atoms with van der Waals surface area (Å²) in [5, 5.41) is 2.94. The number of rotatable bonds is 5. The first-order valence-corrected chi connectivity index (χ1v) is 9.94. The Hall–Kier alpha value is -3.48. The molecule has 2 amide bonds. The highest BCUT2D eigenvalue weighted by Gasteiger charge is 2.27. The molecule has 0 saturated carbocycles. The lowest BCUT2D eigenvalue weighted by Crippen LogP contribution is -2.40. The van der Waals surface area contributed by atoms with Gasteiger partial charge in [0.05, 0.1) is 7.11 Å². The van der Waals surface area contributed by atoms with Crippen molar-refractivity contribution in [2.45, 2.75) is 12.8 Å². The predicted octanol–water partition coefficient (Wildman–Crippen LogP) is 3.31. The second-order valence-corrected chi connectivity index (χ2v) is 7.26. The molecule has 7 nitrogen and oxygen atoms in total. The van der Waals surface area contributed by atoms with Crippen LogP contribution in [0.4, 0.5) is 5.69 Å². The zero-order valence-electron chi connectivity index (χ0n) is 16.8. The van der Waals surface area contributed by atoms with E-state index in [0.29, 0.717) is 43.1 Å². The van der Waals surface area contributed by atoms with Crippen molar-refractivity contribution in [1.29, 1.82) is 0 Å². The van der Waals surface area contributed by atoms with Crippen LogP contribution in [0.15, 0.2) is 48.5 Å². The van der Waals surface area contributed by atoms with E-state index in [2.05, 4.69) is 5.32 Å². The van der Waals surface area contributed by atoms with Gasteiger partial charge in [0, 0.05) is 36.8 Å². The number of benzene rings is 2. The first-order chi connectivity index (χ1) is 14.6. The van der Waals surface area contributed by atoms with Gasteiger partial charge in [0.25, 0.3) is 0 Å².